The van der Waals surface area contributed by atoms with Gasteiger partial charge in [0.25, 0.3) is 0 Å². The van der Waals surface area contributed by atoms with Crippen molar-refractivity contribution in [2.75, 3.05) is 37.0 Å². The molecular weight excluding hydrogens is 272 g/mol. The molecule has 116 valence electrons. The number of pyridine rings is 1. The molecule has 1 aromatic heterocycles. The molecule has 2 rings (SSSR count). The van der Waals surface area contributed by atoms with Gasteiger partial charge in [0.1, 0.15) is 11.9 Å². The van der Waals surface area contributed by atoms with E-state index in [0.717, 1.165) is 0 Å². The third kappa shape index (κ3) is 3.75. The number of aromatic nitrogens is 1. The largest absolute Gasteiger partial charge is 0.476 e. The number of carbonyl (C=O) groups is 1. The SMILES string of the molecule is CC(C)COc1nc(N2CCOCC2C(N)=O)ccc1N. The molecule has 0 radical (unpaired) electrons. The van der Waals surface area contributed by atoms with Gasteiger partial charge in [0.05, 0.1) is 25.5 Å². The van der Waals surface area contributed by atoms with Crippen molar-refractivity contribution in [3.8, 4) is 5.88 Å². The average molecular weight is 294 g/mol. The smallest absolute Gasteiger partial charge is 0.242 e. The van der Waals surface area contributed by atoms with Gasteiger partial charge in [0.2, 0.25) is 11.8 Å². The van der Waals surface area contributed by atoms with E-state index in [1.807, 2.05) is 18.7 Å². The lowest BCUT2D eigenvalue weighted by Crippen LogP contribution is -2.53. The van der Waals surface area contributed by atoms with E-state index in [-0.39, 0.29) is 6.61 Å². The first-order chi connectivity index (χ1) is 9.99. The Morgan fingerprint density at radius 1 is 1.57 bits per heavy atom. The maximum Gasteiger partial charge on any atom is 0.242 e. The van der Waals surface area contributed by atoms with Crippen LogP contribution in [0.1, 0.15) is 13.8 Å². The molecule has 1 saturated heterocycles. The summed E-state index contributed by atoms with van der Waals surface area (Å²) >= 11 is 0. The number of anilines is 2. The van der Waals surface area contributed by atoms with Crippen molar-refractivity contribution in [3.05, 3.63) is 12.1 Å². The highest BCUT2D eigenvalue weighted by Crippen LogP contribution is 2.25. The summed E-state index contributed by atoms with van der Waals surface area (Å²) in [6.45, 7) is 5.97. The molecule has 21 heavy (non-hydrogen) atoms. The lowest BCUT2D eigenvalue weighted by Gasteiger charge is -2.34. The van der Waals surface area contributed by atoms with Crippen LogP contribution in [-0.2, 0) is 9.53 Å². The molecule has 4 N–H and O–H groups in total. The summed E-state index contributed by atoms with van der Waals surface area (Å²) in [6, 6.07) is 2.97. The average Bonchev–Trinajstić information content (AvgIpc) is 2.46. The van der Waals surface area contributed by atoms with Crippen molar-refractivity contribution in [2.45, 2.75) is 19.9 Å². The Hall–Kier alpha value is -2.02. The van der Waals surface area contributed by atoms with Crippen molar-refractivity contribution in [1.82, 2.24) is 4.98 Å². The van der Waals surface area contributed by atoms with Crippen LogP contribution >= 0.6 is 0 Å². The molecule has 1 aliphatic heterocycles. The summed E-state index contributed by atoms with van der Waals surface area (Å²) in [5.74, 6) is 0.945. The van der Waals surface area contributed by atoms with Gasteiger partial charge in [0.15, 0.2) is 0 Å². The Kier molecular flexibility index (Phi) is 4.85. The fraction of sp³-hybridized carbons (Fsp3) is 0.571. The second-order valence-electron chi connectivity index (χ2n) is 5.46. The van der Waals surface area contributed by atoms with E-state index in [2.05, 4.69) is 4.98 Å². The summed E-state index contributed by atoms with van der Waals surface area (Å²) in [5.41, 5.74) is 11.8. The van der Waals surface area contributed by atoms with Gasteiger partial charge in [-0.3, -0.25) is 4.79 Å². The van der Waals surface area contributed by atoms with E-state index in [0.29, 0.717) is 43.1 Å². The third-order valence-electron chi connectivity index (χ3n) is 3.18. The van der Waals surface area contributed by atoms with Crippen LogP contribution in [0.4, 0.5) is 11.5 Å². The van der Waals surface area contributed by atoms with Gasteiger partial charge in [-0.05, 0) is 18.1 Å². The molecule has 0 bridgehead atoms. The maximum atomic E-state index is 11.5. The number of morpholine rings is 1. The third-order valence-corrected chi connectivity index (χ3v) is 3.18. The molecule has 0 aliphatic carbocycles. The van der Waals surface area contributed by atoms with Crippen LogP contribution < -0.4 is 21.1 Å². The first-order valence-corrected chi connectivity index (χ1v) is 7.02. The zero-order chi connectivity index (χ0) is 15.4. The van der Waals surface area contributed by atoms with E-state index >= 15 is 0 Å². The van der Waals surface area contributed by atoms with Crippen LogP contribution in [0, 0.1) is 5.92 Å². The van der Waals surface area contributed by atoms with Gasteiger partial charge >= 0.3 is 0 Å². The van der Waals surface area contributed by atoms with E-state index < -0.39 is 11.9 Å². The number of amides is 1. The fourth-order valence-electron chi connectivity index (χ4n) is 2.08. The van der Waals surface area contributed by atoms with Crippen molar-refractivity contribution in [2.24, 2.45) is 11.7 Å². The molecule has 0 saturated carbocycles. The minimum absolute atomic E-state index is 0.267. The number of carbonyl (C=O) groups excluding carboxylic acids is 1. The molecule has 0 aromatic carbocycles. The Bertz CT molecular complexity index is 507. The van der Waals surface area contributed by atoms with Gasteiger partial charge < -0.3 is 25.8 Å². The standard InChI is InChI=1S/C14H22N4O3/c1-9(2)7-21-14-10(15)3-4-12(17-14)18-5-6-20-8-11(18)13(16)19/h3-4,9,11H,5-8,15H2,1-2H3,(H2,16,19). The number of hydrogen-bond donors (Lipinski definition) is 2. The summed E-state index contributed by atoms with van der Waals surface area (Å²) in [6.07, 6.45) is 0. The number of rotatable bonds is 5. The summed E-state index contributed by atoms with van der Waals surface area (Å²) in [7, 11) is 0. The van der Waals surface area contributed by atoms with Crippen LogP contribution in [0.2, 0.25) is 0 Å². The molecule has 2 heterocycles. The maximum absolute atomic E-state index is 11.5. The summed E-state index contributed by atoms with van der Waals surface area (Å²) < 4.78 is 10.9. The molecule has 1 unspecified atom stereocenters. The topological polar surface area (TPSA) is 104 Å². The summed E-state index contributed by atoms with van der Waals surface area (Å²) in [4.78, 5) is 17.8. The van der Waals surface area contributed by atoms with E-state index in [4.69, 9.17) is 20.9 Å². The number of primary amides is 1. The van der Waals surface area contributed by atoms with Crippen molar-refractivity contribution < 1.29 is 14.3 Å². The fourth-order valence-corrected chi connectivity index (χ4v) is 2.08. The van der Waals surface area contributed by atoms with Crippen molar-refractivity contribution >= 4 is 17.4 Å². The van der Waals surface area contributed by atoms with E-state index in [1.54, 1.807) is 12.1 Å². The van der Waals surface area contributed by atoms with Crippen molar-refractivity contribution in [1.29, 1.82) is 0 Å². The predicted octanol–water partition coefficient (Wildman–Crippen LogP) is 0.389. The Morgan fingerprint density at radius 3 is 3.00 bits per heavy atom. The van der Waals surface area contributed by atoms with Crippen LogP contribution in [0.5, 0.6) is 5.88 Å². The van der Waals surface area contributed by atoms with E-state index in [9.17, 15) is 4.79 Å². The molecule has 7 heteroatoms. The Morgan fingerprint density at radius 2 is 2.33 bits per heavy atom. The molecule has 1 atom stereocenters. The molecular formula is C14H22N4O3. The highest BCUT2D eigenvalue weighted by atomic mass is 16.5. The lowest BCUT2D eigenvalue weighted by molar-refractivity contribution is -0.121. The van der Waals surface area contributed by atoms with Gasteiger partial charge in [-0.25, -0.2) is 0 Å². The van der Waals surface area contributed by atoms with Gasteiger partial charge in [-0.2, -0.15) is 4.98 Å². The van der Waals surface area contributed by atoms with Crippen LogP contribution in [0.25, 0.3) is 0 Å². The first-order valence-electron chi connectivity index (χ1n) is 7.02. The molecule has 1 aromatic rings. The number of nitrogen functional groups attached to an aromatic ring is 1. The quantitative estimate of drug-likeness (QED) is 0.814. The number of ether oxygens (including phenoxy) is 2. The van der Waals surface area contributed by atoms with Gasteiger partial charge in [-0.15, -0.1) is 0 Å². The second kappa shape index (κ2) is 6.62. The number of nitrogens with two attached hydrogens (primary N) is 2. The van der Waals surface area contributed by atoms with Crippen LogP contribution in [0.15, 0.2) is 12.1 Å². The highest BCUT2D eigenvalue weighted by molar-refractivity contribution is 5.83. The predicted molar refractivity (Wildman–Crippen MR) is 80.1 cm³/mol. The molecule has 1 amide bonds. The lowest BCUT2D eigenvalue weighted by atomic mass is 10.2. The number of hydrogen-bond acceptors (Lipinski definition) is 6. The highest BCUT2D eigenvalue weighted by Gasteiger charge is 2.29. The van der Waals surface area contributed by atoms with E-state index in [1.165, 1.54) is 0 Å². The van der Waals surface area contributed by atoms with Crippen LogP contribution in [0.3, 0.4) is 0 Å². The Labute approximate surface area is 124 Å². The molecule has 0 spiro atoms. The zero-order valence-corrected chi connectivity index (χ0v) is 12.4. The second-order valence-corrected chi connectivity index (χ2v) is 5.46. The molecule has 7 nitrogen and oxygen atoms in total. The Balaban J connectivity index is 2.22. The summed E-state index contributed by atoms with van der Waals surface area (Å²) in [5, 5.41) is 0. The molecule has 1 aliphatic rings. The number of nitrogens with zero attached hydrogens (tertiary/aromatic N) is 2. The van der Waals surface area contributed by atoms with Gasteiger partial charge in [-0.1, -0.05) is 13.8 Å². The zero-order valence-electron chi connectivity index (χ0n) is 12.4. The monoisotopic (exact) mass is 294 g/mol. The molecule has 1 fully saturated rings. The first kappa shape index (κ1) is 15.4. The minimum atomic E-state index is -0.521. The van der Waals surface area contributed by atoms with Crippen molar-refractivity contribution in [3.63, 3.8) is 0 Å². The van der Waals surface area contributed by atoms with Gasteiger partial charge in [0, 0.05) is 6.54 Å². The normalized spacial score (nSPS) is 18.8. The minimum Gasteiger partial charge on any atom is -0.476 e. The van der Waals surface area contributed by atoms with Crippen LogP contribution in [-0.4, -0.2) is 43.3 Å².